The molecule has 7 unspecified atom stereocenters. The molecule has 6 rings (SSSR count). The molecule has 0 aromatic heterocycles. The zero-order valence-corrected chi connectivity index (χ0v) is 19.5. The Hall–Kier alpha value is -1.46. The van der Waals surface area contributed by atoms with Crippen LogP contribution in [0.4, 0.5) is 0 Å². The van der Waals surface area contributed by atoms with E-state index in [1.54, 1.807) is 0 Å². The molecule has 0 radical (unpaired) electrons. The van der Waals surface area contributed by atoms with Gasteiger partial charge in [0.05, 0.1) is 6.61 Å². The predicted octanol–water partition coefficient (Wildman–Crippen LogP) is 4.35. The fourth-order valence-electron chi connectivity index (χ4n) is 9.02. The number of fused-ring (bicyclic) bond motifs is 6. The van der Waals surface area contributed by atoms with Gasteiger partial charge in [-0.1, -0.05) is 44.2 Å². The van der Waals surface area contributed by atoms with Gasteiger partial charge in [0.15, 0.2) is 5.78 Å². The Labute approximate surface area is 192 Å². The maximum atomic E-state index is 13.5. The van der Waals surface area contributed by atoms with E-state index in [2.05, 4.69) is 13.8 Å². The smallest absolute Gasteiger partial charge is 0.400 e. The molecule has 1 saturated heterocycles. The Morgan fingerprint density at radius 2 is 1.72 bits per heavy atom. The van der Waals surface area contributed by atoms with Gasteiger partial charge in [-0.05, 0) is 79.5 Å². The molecular formula is C27H35BO4. The monoisotopic (exact) mass is 434 g/mol. The van der Waals surface area contributed by atoms with Gasteiger partial charge >= 0.3 is 7.12 Å². The van der Waals surface area contributed by atoms with Crippen LogP contribution in [0.15, 0.2) is 30.3 Å². The Morgan fingerprint density at radius 1 is 0.938 bits per heavy atom. The number of Topliss-reactive ketones (excluding diaryl/α,β-unsaturated/α-hetero) is 2. The molecule has 4 nitrogen and oxygen atoms in total. The molecule has 5 aliphatic rings. The molecule has 5 fully saturated rings. The lowest BCUT2D eigenvalue weighted by Gasteiger charge is -2.61. The second-order valence-corrected chi connectivity index (χ2v) is 11.8. The summed E-state index contributed by atoms with van der Waals surface area (Å²) in [5.41, 5.74) is 0.443. The molecule has 1 aliphatic heterocycles. The van der Waals surface area contributed by atoms with Crippen LogP contribution in [0.2, 0.25) is 0 Å². The summed E-state index contributed by atoms with van der Waals surface area (Å²) in [5.74, 6) is 3.04. The number of carbonyl (C=O) groups excluding carboxylic acids is 2. The van der Waals surface area contributed by atoms with Crippen LogP contribution in [0.3, 0.4) is 0 Å². The van der Waals surface area contributed by atoms with Crippen LogP contribution in [0.1, 0.15) is 71.6 Å². The highest BCUT2D eigenvalue weighted by Gasteiger charge is 2.69. The second-order valence-electron chi connectivity index (χ2n) is 11.8. The summed E-state index contributed by atoms with van der Waals surface area (Å²) in [5, 5.41) is 0. The van der Waals surface area contributed by atoms with Crippen molar-refractivity contribution >= 4 is 24.1 Å². The molecule has 1 heterocycles. The number of hydrogen-bond acceptors (Lipinski definition) is 4. The average molecular weight is 434 g/mol. The van der Waals surface area contributed by atoms with E-state index in [9.17, 15) is 9.59 Å². The first-order valence-corrected chi connectivity index (χ1v) is 12.8. The van der Waals surface area contributed by atoms with Crippen molar-refractivity contribution in [3.05, 3.63) is 30.3 Å². The van der Waals surface area contributed by atoms with Crippen molar-refractivity contribution in [2.45, 2.75) is 77.2 Å². The highest BCUT2D eigenvalue weighted by molar-refractivity contribution is 6.62. The first-order chi connectivity index (χ1) is 15.4. The van der Waals surface area contributed by atoms with Gasteiger partial charge in [0, 0.05) is 18.3 Å². The molecule has 0 bridgehead atoms. The van der Waals surface area contributed by atoms with Crippen LogP contribution in [-0.4, -0.2) is 30.9 Å². The van der Waals surface area contributed by atoms with E-state index in [0.29, 0.717) is 34.9 Å². The molecule has 5 heteroatoms. The summed E-state index contributed by atoms with van der Waals surface area (Å²) in [6.07, 6.45) is 9.10. The largest absolute Gasteiger partial charge is 0.494 e. The minimum atomic E-state index is -0.721. The number of benzene rings is 1. The molecule has 1 aromatic carbocycles. The van der Waals surface area contributed by atoms with Gasteiger partial charge in [-0.25, -0.2) is 0 Å². The van der Waals surface area contributed by atoms with Gasteiger partial charge in [-0.3, -0.25) is 9.59 Å². The quantitative estimate of drug-likeness (QED) is 0.617. The molecule has 1 aromatic rings. The third kappa shape index (κ3) is 2.76. The van der Waals surface area contributed by atoms with E-state index in [0.717, 1.165) is 50.4 Å². The third-order valence-electron chi connectivity index (χ3n) is 10.8. The molecule has 170 valence electrons. The summed E-state index contributed by atoms with van der Waals surface area (Å²) in [7, 11) is -0.459. The maximum Gasteiger partial charge on any atom is 0.494 e. The van der Waals surface area contributed by atoms with Gasteiger partial charge in [0.1, 0.15) is 11.4 Å². The first-order valence-electron chi connectivity index (χ1n) is 12.8. The summed E-state index contributed by atoms with van der Waals surface area (Å²) >= 11 is 0. The molecule has 4 aliphatic carbocycles. The van der Waals surface area contributed by atoms with E-state index < -0.39 is 12.7 Å². The van der Waals surface area contributed by atoms with E-state index in [4.69, 9.17) is 9.31 Å². The summed E-state index contributed by atoms with van der Waals surface area (Å²) in [4.78, 5) is 25.6. The molecule has 0 amide bonds. The maximum absolute atomic E-state index is 13.5. The van der Waals surface area contributed by atoms with E-state index >= 15 is 0 Å². The standard InChI is InChI=1S/C27H35BO4/c1-25-13-10-20(29)16-18(25)8-9-21-22(25)11-14-26(2)23(21)12-15-27(26)24(30)17-31-28(32-27)19-6-4-3-5-7-19/h3-7,18,21-23H,8-17H2,1-2H3. The molecule has 32 heavy (non-hydrogen) atoms. The Balaban J connectivity index is 1.31. The lowest BCUT2D eigenvalue weighted by Crippen LogP contribution is -2.65. The van der Waals surface area contributed by atoms with Gasteiger partial charge in [-0.15, -0.1) is 0 Å². The minimum Gasteiger partial charge on any atom is -0.400 e. The summed E-state index contributed by atoms with van der Waals surface area (Å²) in [6, 6.07) is 10.1. The van der Waals surface area contributed by atoms with Crippen molar-refractivity contribution in [2.75, 3.05) is 6.61 Å². The average Bonchev–Trinajstić information content (AvgIpc) is 3.09. The van der Waals surface area contributed by atoms with Crippen LogP contribution < -0.4 is 5.46 Å². The Kier molecular flexibility index (Phi) is 4.79. The molecule has 1 spiro atoms. The molecule has 0 N–H and O–H groups in total. The number of rotatable bonds is 1. The van der Waals surface area contributed by atoms with Crippen molar-refractivity contribution in [3.63, 3.8) is 0 Å². The van der Waals surface area contributed by atoms with Gasteiger partial charge < -0.3 is 9.31 Å². The number of ketones is 2. The normalized spacial score (nSPS) is 46.0. The van der Waals surface area contributed by atoms with E-state index in [1.807, 2.05) is 30.3 Å². The van der Waals surface area contributed by atoms with Gasteiger partial charge in [0.2, 0.25) is 0 Å². The highest BCUT2D eigenvalue weighted by atomic mass is 16.6. The summed E-state index contributed by atoms with van der Waals surface area (Å²) < 4.78 is 12.6. The van der Waals surface area contributed by atoms with Crippen LogP contribution in [-0.2, 0) is 18.9 Å². The van der Waals surface area contributed by atoms with Crippen LogP contribution in [0.5, 0.6) is 0 Å². The Morgan fingerprint density at radius 3 is 2.53 bits per heavy atom. The third-order valence-corrected chi connectivity index (χ3v) is 10.8. The topological polar surface area (TPSA) is 52.6 Å². The number of carbonyl (C=O) groups is 2. The van der Waals surface area contributed by atoms with Crippen LogP contribution in [0.25, 0.3) is 0 Å². The SMILES string of the molecule is CC12CCC(=O)CC1CCC1C2CCC2(C)C1CCC21OB(c2ccccc2)OCC1=O. The molecular weight excluding hydrogens is 399 g/mol. The fourth-order valence-corrected chi connectivity index (χ4v) is 9.02. The fraction of sp³-hybridized carbons (Fsp3) is 0.704. The zero-order valence-electron chi connectivity index (χ0n) is 19.5. The zero-order chi connectivity index (χ0) is 22.1. The Bertz CT molecular complexity index is 933. The molecule has 4 saturated carbocycles. The lowest BCUT2D eigenvalue weighted by molar-refractivity contribution is -0.175. The second kappa shape index (κ2) is 7.27. The number of hydrogen-bond donors (Lipinski definition) is 0. The summed E-state index contributed by atoms with van der Waals surface area (Å²) in [6.45, 7) is 4.98. The van der Waals surface area contributed by atoms with Crippen molar-refractivity contribution < 1.29 is 18.9 Å². The van der Waals surface area contributed by atoms with E-state index in [-0.39, 0.29) is 17.8 Å². The van der Waals surface area contributed by atoms with Crippen LogP contribution in [0, 0.1) is 34.5 Å². The molecule has 7 atom stereocenters. The van der Waals surface area contributed by atoms with Crippen LogP contribution >= 0.6 is 0 Å². The minimum absolute atomic E-state index is 0.129. The first kappa shape index (κ1) is 21.1. The van der Waals surface area contributed by atoms with Crippen molar-refractivity contribution in [1.29, 1.82) is 0 Å². The predicted molar refractivity (Wildman–Crippen MR) is 123 cm³/mol. The van der Waals surface area contributed by atoms with E-state index in [1.165, 1.54) is 12.8 Å². The highest BCUT2D eigenvalue weighted by Crippen LogP contribution is 2.69. The lowest BCUT2D eigenvalue weighted by atomic mass is 9.44. The van der Waals surface area contributed by atoms with Crippen molar-refractivity contribution in [2.24, 2.45) is 34.5 Å². The van der Waals surface area contributed by atoms with Gasteiger partial charge in [-0.2, -0.15) is 0 Å². The van der Waals surface area contributed by atoms with Crippen molar-refractivity contribution in [1.82, 2.24) is 0 Å². The van der Waals surface area contributed by atoms with Crippen molar-refractivity contribution in [3.8, 4) is 0 Å². The van der Waals surface area contributed by atoms with Gasteiger partial charge in [0.25, 0.3) is 0 Å².